The van der Waals surface area contributed by atoms with E-state index >= 15 is 0 Å². The van der Waals surface area contributed by atoms with Gasteiger partial charge in [-0.05, 0) is 41.8 Å². The van der Waals surface area contributed by atoms with Gasteiger partial charge in [0.15, 0.2) is 0 Å². The van der Waals surface area contributed by atoms with Crippen LogP contribution in [0.5, 0.6) is 11.5 Å². The third kappa shape index (κ3) is 5.26. The molecule has 8 rings (SSSR count). The fraction of sp³-hybridized carbons (Fsp3) is 0.375. The summed E-state index contributed by atoms with van der Waals surface area (Å²) in [5.74, 6) is 1.64. The largest absolute Gasteiger partial charge is 0.492 e. The molecule has 6 heterocycles. The summed E-state index contributed by atoms with van der Waals surface area (Å²) in [6.45, 7) is 4.14. The molecule has 3 aromatic rings. The molecule has 0 aliphatic carbocycles. The number of nitrogens with one attached hydrogen (secondary N) is 1. The molecule has 0 saturated carbocycles. The van der Waals surface area contributed by atoms with Crippen molar-refractivity contribution in [1.29, 1.82) is 0 Å². The highest BCUT2D eigenvalue weighted by Gasteiger charge is 2.23. The number of rotatable bonds is 0. The monoisotopic (exact) mass is 433 g/mol. The number of benzene rings is 2. The van der Waals surface area contributed by atoms with E-state index in [9.17, 15) is 4.79 Å². The highest BCUT2D eigenvalue weighted by atomic mass is 16.5. The Bertz CT molecular complexity index is 1050. The van der Waals surface area contributed by atoms with E-state index in [0.717, 1.165) is 48.8 Å². The maximum atomic E-state index is 12.5. The second-order valence-electron chi connectivity index (χ2n) is 8.36. The van der Waals surface area contributed by atoms with Gasteiger partial charge in [-0.25, -0.2) is 4.68 Å². The minimum atomic E-state index is 0.0624. The predicted molar refractivity (Wildman–Crippen MR) is 118 cm³/mol. The molecule has 1 aromatic heterocycles. The van der Waals surface area contributed by atoms with Crippen LogP contribution in [0, 0.1) is 0 Å². The van der Waals surface area contributed by atoms with Crippen molar-refractivity contribution in [2.75, 3.05) is 19.7 Å². The van der Waals surface area contributed by atoms with Crippen LogP contribution < -0.4 is 14.8 Å². The third-order valence-electron chi connectivity index (χ3n) is 5.82. The maximum absolute atomic E-state index is 12.5. The minimum Gasteiger partial charge on any atom is -0.492 e. The maximum Gasteiger partial charge on any atom is 0.224 e. The molecule has 2 aromatic carbocycles. The van der Waals surface area contributed by atoms with Crippen LogP contribution in [-0.2, 0) is 30.9 Å². The molecule has 1 fully saturated rings. The van der Waals surface area contributed by atoms with E-state index < -0.39 is 0 Å². The third-order valence-corrected chi connectivity index (χ3v) is 5.82. The van der Waals surface area contributed by atoms with E-state index in [1.807, 2.05) is 42.6 Å². The van der Waals surface area contributed by atoms with Crippen molar-refractivity contribution >= 4 is 5.91 Å². The van der Waals surface area contributed by atoms with Crippen molar-refractivity contribution in [3.8, 4) is 11.5 Å². The van der Waals surface area contributed by atoms with Crippen LogP contribution in [0.4, 0.5) is 0 Å². The molecule has 32 heavy (non-hydrogen) atoms. The van der Waals surface area contributed by atoms with Crippen LogP contribution in [0.3, 0.4) is 0 Å². The van der Waals surface area contributed by atoms with Crippen LogP contribution in [0.2, 0.25) is 0 Å². The molecular formula is C24H27N5O3. The van der Waals surface area contributed by atoms with Crippen LogP contribution >= 0.6 is 0 Å². The lowest BCUT2D eigenvalue weighted by atomic mass is 10.1. The zero-order valence-electron chi connectivity index (χ0n) is 17.9. The topological polar surface area (TPSA) is 81.5 Å². The van der Waals surface area contributed by atoms with Gasteiger partial charge < -0.3 is 14.8 Å². The summed E-state index contributed by atoms with van der Waals surface area (Å²) in [4.78, 5) is 14.9. The molecule has 8 heteroatoms. The Labute approximate surface area is 187 Å². The number of hydrogen-bond acceptors (Lipinski definition) is 6. The second kappa shape index (κ2) is 9.40. The second-order valence-corrected chi connectivity index (χ2v) is 8.36. The van der Waals surface area contributed by atoms with Gasteiger partial charge >= 0.3 is 0 Å². The molecular weight excluding hydrogens is 406 g/mol. The summed E-state index contributed by atoms with van der Waals surface area (Å²) >= 11 is 0. The van der Waals surface area contributed by atoms with Crippen molar-refractivity contribution in [3.05, 3.63) is 71.5 Å². The van der Waals surface area contributed by atoms with Gasteiger partial charge in [-0.1, -0.05) is 29.5 Å². The minimum absolute atomic E-state index is 0.0624. The number of aromatic nitrogens is 3. The Kier molecular flexibility index (Phi) is 6.02. The highest BCUT2D eigenvalue weighted by Crippen LogP contribution is 2.18. The average molecular weight is 434 g/mol. The van der Waals surface area contributed by atoms with E-state index in [0.29, 0.717) is 26.2 Å². The van der Waals surface area contributed by atoms with Crippen LogP contribution in [0.1, 0.15) is 23.2 Å². The Morgan fingerprint density at radius 1 is 0.938 bits per heavy atom. The number of amides is 1. The molecule has 8 nitrogen and oxygen atoms in total. The standard InChI is InChI=1S/C24H27N5O3/c30-24-13-18-1-5-22(6-2-18)31-12-11-29-16-21(26-27-29)17-32-23-7-3-19(4-8-23)14-28-10-9-20(15-28)25-24/h1-8,16,20H,9-15,17H2,(H,25,30). The molecule has 2 atom stereocenters. The Hall–Kier alpha value is -3.39. The number of carbonyl (C=O) groups is 1. The average Bonchev–Trinajstić information content (AvgIpc) is 3.43. The summed E-state index contributed by atoms with van der Waals surface area (Å²) < 4.78 is 13.4. The summed E-state index contributed by atoms with van der Waals surface area (Å²) in [5, 5.41) is 11.5. The van der Waals surface area contributed by atoms with Gasteiger partial charge in [-0.2, -0.15) is 0 Å². The summed E-state index contributed by atoms with van der Waals surface area (Å²) in [6.07, 6.45) is 3.22. The first-order chi connectivity index (χ1) is 15.7. The molecule has 5 aliphatic heterocycles. The number of carbonyl (C=O) groups excluding carboxylic acids is 1. The lowest BCUT2D eigenvalue weighted by molar-refractivity contribution is -0.121. The predicted octanol–water partition coefficient (Wildman–Crippen LogP) is 2.18. The van der Waals surface area contributed by atoms with Crippen LogP contribution in [0.25, 0.3) is 0 Å². The molecule has 0 spiro atoms. The van der Waals surface area contributed by atoms with E-state index in [1.54, 1.807) is 4.68 Å². The number of ether oxygens (including phenoxy) is 2. The summed E-state index contributed by atoms with van der Waals surface area (Å²) in [5.41, 5.74) is 2.98. The number of hydrogen-bond donors (Lipinski definition) is 1. The van der Waals surface area contributed by atoms with Crippen LogP contribution in [0.15, 0.2) is 54.7 Å². The van der Waals surface area contributed by atoms with E-state index in [2.05, 4.69) is 32.7 Å². The highest BCUT2D eigenvalue weighted by molar-refractivity contribution is 5.79. The summed E-state index contributed by atoms with van der Waals surface area (Å²) in [6, 6.07) is 16.1. The van der Waals surface area contributed by atoms with Crippen molar-refractivity contribution in [1.82, 2.24) is 25.2 Å². The van der Waals surface area contributed by atoms with Crippen LogP contribution in [-0.4, -0.2) is 51.5 Å². The normalized spacial score (nSPS) is 21.6. The van der Waals surface area contributed by atoms with Gasteiger partial charge in [-0.15, -0.1) is 5.10 Å². The fourth-order valence-corrected chi connectivity index (χ4v) is 4.14. The van der Waals surface area contributed by atoms with Gasteiger partial charge in [0.1, 0.15) is 30.4 Å². The van der Waals surface area contributed by atoms with Crippen molar-refractivity contribution < 1.29 is 14.3 Å². The molecule has 1 N–H and O–H groups in total. The first kappa shape index (κ1) is 20.5. The Balaban J connectivity index is 1.30. The summed E-state index contributed by atoms with van der Waals surface area (Å²) in [7, 11) is 0. The van der Waals surface area contributed by atoms with E-state index in [1.165, 1.54) is 5.56 Å². The first-order valence-electron chi connectivity index (χ1n) is 11.0. The fourth-order valence-electron chi connectivity index (χ4n) is 4.14. The van der Waals surface area contributed by atoms with Crippen molar-refractivity contribution in [2.24, 2.45) is 0 Å². The van der Waals surface area contributed by atoms with E-state index in [-0.39, 0.29) is 11.9 Å². The molecule has 1 amide bonds. The van der Waals surface area contributed by atoms with Gasteiger partial charge in [0.2, 0.25) is 5.91 Å². The molecule has 0 radical (unpaired) electrons. The van der Waals surface area contributed by atoms with E-state index in [4.69, 9.17) is 9.47 Å². The molecule has 1 saturated heterocycles. The zero-order valence-corrected chi connectivity index (χ0v) is 17.9. The zero-order chi connectivity index (χ0) is 21.8. The first-order valence-corrected chi connectivity index (χ1v) is 11.0. The quantitative estimate of drug-likeness (QED) is 0.585. The Morgan fingerprint density at radius 2 is 1.69 bits per heavy atom. The SMILES string of the molecule is O=C1Cc2ccc(cc2)OCCn2cc(nn2)COc2ccc(cc2)CN2CCC(C2)N1. The molecule has 8 bridgehead atoms. The smallest absolute Gasteiger partial charge is 0.224 e. The van der Waals surface area contributed by atoms with Crippen molar-refractivity contribution in [2.45, 2.75) is 38.6 Å². The Morgan fingerprint density at radius 3 is 2.50 bits per heavy atom. The van der Waals surface area contributed by atoms with Gasteiger partial charge in [-0.3, -0.25) is 9.69 Å². The number of nitrogens with zero attached hydrogens (tertiary/aromatic N) is 4. The van der Waals surface area contributed by atoms with Crippen molar-refractivity contribution in [3.63, 3.8) is 0 Å². The lowest BCUT2D eigenvalue weighted by Gasteiger charge is -2.17. The van der Waals surface area contributed by atoms with Gasteiger partial charge in [0.05, 0.1) is 19.2 Å². The molecule has 2 unspecified atom stereocenters. The lowest BCUT2D eigenvalue weighted by Crippen LogP contribution is -2.37. The van der Waals surface area contributed by atoms with Gasteiger partial charge in [0, 0.05) is 25.7 Å². The molecule has 5 aliphatic rings. The van der Waals surface area contributed by atoms with Gasteiger partial charge in [0.25, 0.3) is 0 Å². The molecule has 166 valence electrons.